The van der Waals surface area contributed by atoms with Crippen molar-refractivity contribution in [2.75, 3.05) is 0 Å². The molecule has 2 unspecified atom stereocenters. The number of fused-ring (bicyclic) bond motifs is 1. The van der Waals surface area contributed by atoms with E-state index in [4.69, 9.17) is 8.92 Å². The zero-order valence-electron chi connectivity index (χ0n) is 14.8. The molecular formula is C17H29NO5S. The van der Waals surface area contributed by atoms with Crippen LogP contribution in [0.25, 0.3) is 0 Å². The molecule has 0 spiro atoms. The third kappa shape index (κ3) is 3.43. The lowest BCUT2D eigenvalue weighted by molar-refractivity contribution is -0.00602. The van der Waals surface area contributed by atoms with Crippen LogP contribution in [0.5, 0.6) is 0 Å². The summed E-state index contributed by atoms with van der Waals surface area (Å²) >= 11 is 0. The molecule has 0 aromatic carbocycles. The summed E-state index contributed by atoms with van der Waals surface area (Å²) in [5.41, 5.74) is 0. The normalized spacial score (nSPS) is 38.8. The number of carbonyl (C=O) groups excluding carboxylic acids is 1. The molecule has 1 heterocycles. The average molecular weight is 359 g/mol. The molecule has 3 fully saturated rings. The Morgan fingerprint density at radius 1 is 1.17 bits per heavy atom. The number of hydrogen-bond donors (Lipinski definition) is 0. The quantitative estimate of drug-likeness (QED) is 0.755. The Hall–Kier alpha value is -0.820. The Balaban J connectivity index is 1.75. The third-order valence-electron chi connectivity index (χ3n) is 5.85. The standard InChI is InChI=1S/C17H29NO5S/c1-11(2)13-9-8-12(3)10-16(13)22-17(19)18-14-6-4-5-7-15(14)23-24(18,20)21/h11-16H,4-10H2,1-3H3/t12-,13+,14?,15?,16-/m1/s1. The molecule has 0 bridgehead atoms. The van der Waals surface area contributed by atoms with Gasteiger partial charge in [0.2, 0.25) is 0 Å². The lowest BCUT2D eigenvalue weighted by atomic mass is 9.75. The minimum atomic E-state index is -4.01. The molecule has 24 heavy (non-hydrogen) atoms. The predicted molar refractivity (Wildman–Crippen MR) is 89.5 cm³/mol. The fourth-order valence-corrected chi connectivity index (χ4v) is 5.91. The van der Waals surface area contributed by atoms with E-state index in [1.807, 2.05) is 0 Å². The van der Waals surface area contributed by atoms with Crippen LogP contribution in [0.1, 0.15) is 65.7 Å². The Labute approximate surface area is 145 Å². The van der Waals surface area contributed by atoms with Gasteiger partial charge in [0.25, 0.3) is 0 Å². The maximum Gasteiger partial charge on any atom is 0.426 e. The number of nitrogens with zero attached hydrogens (tertiary/aromatic N) is 1. The molecule has 0 aromatic rings. The number of ether oxygens (including phenoxy) is 1. The molecule has 7 heteroatoms. The number of rotatable bonds is 2. The summed E-state index contributed by atoms with van der Waals surface area (Å²) in [4.78, 5) is 12.7. The van der Waals surface area contributed by atoms with Crippen LogP contribution in [-0.2, 0) is 19.2 Å². The van der Waals surface area contributed by atoms with Crippen molar-refractivity contribution in [3.63, 3.8) is 0 Å². The first-order valence-electron chi connectivity index (χ1n) is 9.23. The smallest absolute Gasteiger partial charge is 0.426 e. The average Bonchev–Trinajstić information content (AvgIpc) is 2.76. The highest BCUT2D eigenvalue weighted by Crippen LogP contribution is 2.38. The highest BCUT2D eigenvalue weighted by atomic mass is 32.2. The molecule has 1 saturated heterocycles. The first-order valence-corrected chi connectivity index (χ1v) is 10.6. The molecule has 6 nitrogen and oxygen atoms in total. The van der Waals surface area contributed by atoms with Gasteiger partial charge in [-0.25, -0.2) is 8.98 Å². The van der Waals surface area contributed by atoms with Crippen LogP contribution in [0, 0.1) is 17.8 Å². The van der Waals surface area contributed by atoms with Gasteiger partial charge in [-0.1, -0.05) is 40.0 Å². The van der Waals surface area contributed by atoms with Gasteiger partial charge in [-0.3, -0.25) is 0 Å². The van der Waals surface area contributed by atoms with E-state index in [-0.39, 0.29) is 6.10 Å². The van der Waals surface area contributed by atoms with Gasteiger partial charge in [0.1, 0.15) is 12.2 Å². The van der Waals surface area contributed by atoms with E-state index in [1.165, 1.54) is 0 Å². The molecule has 0 aromatic heterocycles. The van der Waals surface area contributed by atoms with Gasteiger partial charge in [0.05, 0.1) is 6.04 Å². The van der Waals surface area contributed by atoms with Crippen molar-refractivity contribution in [2.45, 2.75) is 84.0 Å². The van der Waals surface area contributed by atoms with Gasteiger partial charge in [-0.05, 0) is 43.4 Å². The Morgan fingerprint density at radius 2 is 1.88 bits per heavy atom. The van der Waals surface area contributed by atoms with Gasteiger partial charge in [-0.2, -0.15) is 12.7 Å². The Bertz CT molecular complexity index is 576. The van der Waals surface area contributed by atoms with Crippen molar-refractivity contribution in [1.29, 1.82) is 0 Å². The Kier molecular flexibility index (Phi) is 5.12. The second-order valence-electron chi connectivity index (χ2n) is 7.99. The van der Waals surface area contributed by atoms with E-state index in [0.717, 1.165) is 36.4 Å². The zero-order chi connectivity index (χ0) is 17.5. The minimum Gasteiger partial charge on any atom is -0.445 e. The number of amides is 1. The van der Waals surface area contributed by atoms with Gasteiger partial charge in [0.15, 0.2) is 0 Å². The van der Waals surface area contributed by atoms with E-state index in [9.17, 15) is 13.2 Å². The molecule has 138 valence electrons. The van der Waals surface area contributed by atoms with Gasteiger partial charge >= 0.3 is 16.4 Å². The van der Waals surface area contributed by atoms with Crippen LogP contribution in [0.15, 0.2) is 0 Å². The maximum absolute atomic E-state index is 12.7. The molecule has 1 amide bonds. The van der Waals surface area contributed by atoms with Crippen molar-refractivity contribution in [1.82, 2.24) is 4.31 Å². The first kappa shape index (κ1) is 18.0. The number of hydrogen-bond acceptors (Lipinski definition) is 5. The SMILES string of the molecule is CC(C)[C@@H]1CC[C@@H](C)C[C@H]1OC(=O)N1C2CCCCC2OS1(=O)=O. The minimum absolute atomic E-state index is 0.209. The molecule has 2 aliphatic carbocycles. The maximum atomic E-state index is 12.7. The molecule has 0 radical (unpaired) electrons. The number of carbonyl (C=O) groups is 1. The van der Waals surface area contributed by atoms with Gasteiger partial charge in [-0.15, -0.1) is 0 Å². The molecule has 3 aliphatic rings. The van der Waals surface area contributed by atoms with E-state index in [1.54, 1.807) is 0 Å². The van der Waals surface area contributed by atoms with E-state index in [2.05, 4.69) is 20.8 Å². The third-order valence-corrected chi connectivity index (χ3v) is 7.24. The predicted octanol–water partition coefficient (Wildman–Crippen LogP) is 3.47. The summed E-state index contributed by atoms with van der Waals surface area (Å²) in [5, 5.41) is 0. The van der Waals surface area contributed by atoms with Crippen molar-refractivity contribution < 1.29 is 22.1 Å². The fraction of sp³-hybridized carbons (Fsp3) is 0.941. The van der Waals surface area contributed by atoms with Gasteiger partial charge in [0, 0.05) is 0 Å². The van der Waals surface area contributed by atoms with E-state index >= 15 is 0 Å². The Morgan fingerprint density at radius 3 is 2.58 bits per heavy atom. The lowest BCUT2D eigenvalue weighted by Crippen LogP contribution is -2.46. The summed E-state index contributed by atoms with van der Waals surface area (Å²) in [6.45, 7) is 6.42. The summed E-state index contributed by atoms with van der Waals surface area (Å²) in [7, 11) is -4.01. The molecule has 3 rings (SSSR count). The van der Waals surface area contributed by atoms with Crippen LogP contribution < -0.4 is 0 Å². The summed E-state index contributed by atoms with van der Waals surface area (Å²) < 4.78 is 36.4. The van der Waals surface area contributed by atoms with Crippen LogP contribution in [0.4, 0.5) is 4.79 Å². The van der Waals surface area contributed by atoms with Gasteiger partial charge < -0.3 is 4.74 Å². The fourth-order valence-electron chi connectivity index (χ4n) is 4.48. The highest BCUT2D eigenvalue weighted by molar-refractivity contribution is 7.85. The summed E-state index contributed by atoms with van der Waals surface area (Å²) in [5.74, 6) is 1.19. The lowest BCUT2D eigenvalue weighted by Gasteiger charge is -2.37. The van der Waals surface area contributed by atoms with Crippen molar-refractivity contribution in [3.8, 4) is 0 Å². The second-order valence-corrected chi connectivity index (χ2v) is 9.43. The molecule has 0 N–H and O–H groups in total. The second kappa shape index (κ2) is 6.83. The molecule has 2 saturated carbocycles. The van der Waals surface area contributed by atoms with Crippen LogP contribution in [0.2, 0.25) is 0 Å². The monoisotopic (exact) mass is 359 g/mol. The van der Waals surface area contributed by atoms with E-state index in [0.29, 0.717) is 30.6 Å². The van der Waals surface area contributed by atoms with E-state index < -0.39 is 28.5 Å². The molecule has 5 atom stereocenters. The summed E-state index contributed by atoms with van der Waals surface area (Å²) in [6, 6.07) is -0.394. The van der Waals surface area contributed by atoms with Crippen molar-refractivity contribution in [3.05, 3.63) is 0 Å². The topological polar surface area (TPSA) is 72.9 Å². The van der Waals surface area contributed by atoms with Crippen molar-refractivity contribution in [2.24, 2.45) is 17.8 Å². The largest absolute Gasteiger partial charge is 0.445 e. The highest BCUT2D eigenvalue weighted by Gasteiger charge is 2.51. The molecular weight excluding hydrogens is 330 g/mol. The summed E-state index contributed by atoms with van der Waals surface area (Å²) in [6.07, 6.45) is 4.80. The van der Waals surface area contributed by atoms with Crippen LogP contribution in [-0.4, -0.2) is 37.1 Å². The van der Waals surface area contributed by atoms with Crippen LogP contribution >= 0.6 is 0 Å². The zero-order valence-corrected chi connectivity index (χ0v) is 15.6. The van der Waals surface area contributed by atoms with Crippen LogP contribution in [0.3, 0.4) is 0 Å². The molecule has 1 aliphatic heterocycles. The van der Waals surface area contributed by atoms with Crippen molar-refractivity contribution >= 4 is 16.4 Å². The first-order chi connectivity index (χ1) is 11.3.